The van der Waals surface area contributed by atoms with Gasteiger partial charge in [-0.25, -0.2) is 4.98 Å². The summed E-state index contributed by atoms with van der Waals surface area (Å²) in [6, 6.07) is 5.45. The van der Waals surface area contributed by atoms with Gasteiger partial charge in [0.15, 0.2) is 11.0 Å². The van der Waals surface area contributed by atoms with Crippen LogP contribution in [0.2, 0.25) is 0 Å². The Morgan fingerprint density at radius 2 is 2.08 bits per heavy atom. The lowest BCUT2D eigenvalue weighted by Gasteiger charge is -2.13. The van der Waals surface area contributed by atoms with Gasteiger partial charge in [0, 0.05) is 47.4 Å². The number of hydrogen-bond donors (Lipinski definition) is 1. The Bertz CT molecular complexity index is 1530. The number of allylic oxidation sites excluding steroid dienone is 7. The van der Waals surface area contributed by atoms with Crippen LogP contribution < -0.4 is 0 Å². The number of aromatic amines is 1. The van der Waals surface area contributed by atoms with E-state index in [1.807, 2.05) is 38.3 Å². The number of rotatable bonds is 10. The highest BCUT2D eigenvalue weighted by molar-refractivity contribution is 7.11. The van der Waals surface area contributed by atoms with Crippen molar-refractivity contribution in [3.8, 4) is 0 Å². The number of aryl methyl sites for hydroxylation is 1. The molecule has 208 valence electrons. The highest BCUT2D eigenvalue weighted by Crippen LogP contribution is 2.32. The lowest BCUT2D eigenvalue weighted by molar-refractivity contribution is 0.449. The predicted molar refractivity (Wildman–Crippen MR) is 168 cm³/mol. The Balaban J connectivity index is 1.80. The summed E-state index contributed by atoms with van der Waals surface area (Å²) in [6.45, 7) is 9.78. The monoisotopic (exact) mass is 555 g/mol. The molecule has 0 atom stereocenters. The van der Waals surface area contributed by atoms with Gasteiger partial charge in [0.05, 0.1) is 11.4 Å². The lowest BCUT2D eigenvalue weighted by atomic mass is 10.00. The van der Waals surface area contributed by atoms with Gasteiger partial charge < -0.3 is 9.88 Å². The Kier molecular flexibility index (Phi) is 9.96. The van der Waals surface area contributed by atoms with E-state index in [0.717, 1.165) is 80.1 Å². The van der Waals surface area contributed by atoms with Gasteiger partial charge in [-0.2, -0.15) is 4.39 Å². The molecule has 0 bridgehead atoms. The molecule has 3 aromatic rings. The van der Waals surface area contributed by atoms with Crippen LogP contribution in [0.4, 0.5) is 4.39 Å². The number of H-pyrrole nitrogens is 1. The topological polar surface area (TPSA) is 57.2 Å². The number of thiophene rings is 1. The zero-order chi connectivity index (χ0) is 28.6. The van der Waals surface area contributed by atoms with Crippen molar-refractivity contribution in [2.45, 2.75) is 40.5 Å². The molecule has 1 aliphatic carbocycles. The minimum Gasteiger partial charge on any atom is -0.340 e. The summed E-state index contributed by atoms with van der Waals surface area (Å²) >= 11 is 1.14. The van der Waals surface area contributed by atoms with Gasteiger partial charge in [0.25, 0.3) is 0 Å². The normalized spacial score (nSPS) is 14.7. The maximum Gasteiger partial charge on any atom is 0.176 e. The van der Waals surface area contributed by atoms with Crippen LogP contribution in [0.25, 0.3) is 11.1 Å². The van der Waals surface area contributed by atoms with Crippen LogP contribution in [0.3, 0.4) is 0 Å². The first kappa shape index (κ1) is 29.3. The largest absolute Gasteiger partial charge is 0.340 e. The van der Waals surface area contributed by atoms with Crippen LogP contribution in [0.5, 0.6) is 0 Å². The fraction of sp³-hybridized carbons (Fsp3) is 0.303. The van der Waals surface area contributed by atoms with Crippen molar-refractivity contribution < 1.29 is 4.39 Å². The van der Waals surface area contributed by atoms with E-state index in [2.05, 4.69) is 74.3 Å². The standard InChI is InChI=1S/C33H38FN5S/c1-7-12-23(21-39(5)6)18-24(9-3)28-19-26(22(4)20-36-28)32(35-17-8-2)33-37-27-14-11-10-13-25(31(27)38-33)29-15-16-30(34)40-29/h7,9-13,15-16,18-20H,8,14,17,21H2,1-6H3,(H,37,38)/b12-7+,23-18+,24-9+,35-32?. The van der Waals surface area contributed by atoms with Crippen molar-refractivity contribution in [2.24, 2.45) is 4.99 Å². The molecule has 0 unspecified atom stereocenters. The van der Waals surface area contributed by atoms with Crippen LogP contribution >= 0.6 is 11.3 Å². The smallest absolute Gasteiger partial charge is 0.176 e. The van der Waals surface area contributed by atoms with Gasteiger partial charge in [0.2, 0.25) is 0 Å². The second kappa shape index (κ2) is 13.6. The zero-order valence-corrected chi connectivity index (χ0v) is 25.1. The Hall–Kier alpha value is -3.68. The van der Waals surface area contributed by atoms with Crippen molar-refractivity contribution >= 4 is 28.2 Å². The molecule has 0 aliphatic heterocycles. The molecule has 5 nitrogen and oxygen atoms in total. The van der Waals surface area contributed by atoms with Crippen LogP contribution in [-0.4, -0.2) is 52.7 Å². The molecule has 0 saturated carbocycles. The second-order valence-electron chi connectivity index (χ2n) is 10.0. The summed E-state index contributed by atoms with van der Waals surface area (Å²) in [5.74, 6) is 0.719. The number of aliphatic imine (C=N–C) groups is 1. The van der Waals surface area contributed by atoms with Gasteiger partial charge in [-0.1, -0.05) is 43.4 Å². The van der Waals surface area contributed by atoms with Crippen molar-refractivity contribution in [2.75, 3.05) is 27.2 Å². The molecule has 3 heterocycles. The van der Waals surface area contributed by atoms with Crippen molar-refractivity contribution in [3.05, 3.63) is 117 Å². The predicted octanol–water partition coefficient (Wildman–Crippen LogP) is 7.57. The van der Waals surface area contributed by atoms with Crippen LogP contribution in [0.1, 0.15) is 66.1 Å². The van der Waals surface area contributed by atoms with E-state index in [0.29, 0.717) is 13.0 Å². The molecule has 0 fully saturated rings. The van der Waals surface area contributed by atoms with Crippen LogP contribution in [-0.2, 0) is 6.42 Å². The fourth-order valence-corrected chi connectivity index (χ4v) is 5.41. The fourth-order valence-electron chi connectivity index (χ4n) is 4.66. The van der Waals surface area contributed by atoms with E-state index in [-0.39, 0.29) is 5.13 Å². The number of nitrogens with zero attached hydrogens (tertiary/aromatic N) is 4. The van der Waals surface area contributed by atoms with Crippen molar-refractivity contribution in [1.29, 1.82) is 0 Å². The highest BCUT2D eigenvalue weighted by atomic mass is 32.1. The van der Waals surface area contributed by atoms with E-state index < -0.39 is 0 Å². The quantitative estimate of drug-likeness (QED) is 0.207. The SMILES string of the molecule is C/C=C/C(=C\C(=C/C)c1cc(C(=NCCC)c2nc3c([nH]2)CC=CC=C3c2ccc(F)s2)c(C)cn1)CN(C)C. The number of likely N-dealkylation sites (N-methyl/N-ethyl adjacent to an activating group) is 1. The number of nitrogens with one attached hydrogen (secondary N) is 1. The number of pyridine rings is 1. The molecule has 0 saturated heterocycles. The van der Waals surface area contributed by atoms with E-state index in [1.54, 1.807) is 0 Å². The van der Waals surface area contributed by atoms with E-state index >= 15 is 0 Å². The molecule has 0 amide bonds. The Morgan fingerprint density at radius 3 is 2.75 bits per heavy atom. The van der Waals surface area contributed by atoms with Gasteiger partial charge in [0.1, 0.15) is 5.71 Å². The molecule has 1 N–H and O–H groups in total. The maximum absolute atomic E-state index is 13.9. The number of hydrogen-bond acceptors (Lipinski definition) is 5. The molecular formula is C33H38FN5S. The molecule has 1 aliphatic rings. The first-order valence-corrected chi connectivity index (χ1v) is 14.5. The summed E-state index contributed by atoms with van der Waals surface area (Å²) in [5, 5.41) is -0.205. The van der Waals surface area contributed by atoms with Gasteiger partial charge in [-0.3, -0.25) is 9.98 Å². The maximum atomic E-state index is 13.9. The highest BCUT2D eigenvalue weighted by Gasteiger charge is 2.22. The summed E-state index contributed by atoms with van der Waals surface area (Å²) < 4.78 is 13.9. The molecule has 40 heavy (non-hydrogen) atoms. The molecule has 0 radical (unpaired) electrons. The van der Waals surface area contributed by atoms with E-state index in [9.17, 15) is 4.39 Å². The molecule has 0 aromatic carbocycles. The molecular weight excluding hydrogens is 517 g/mol. The van der Waals surface area contributed by atoms with Crippen molar-refractivity contribution in [1.82, 2.24) is 19.9 Å². The summed E-state index contributed by atoms with van der Waals surface area (Å²) in [4.78, 5) is 21.5. The number of fused-ring (bicyclic) bond motifs is 1. The molecule has 7 heteroatoms. The first-order chi connectivity index (χ1) is 19.3. The third-order valence-electron chi connectivity index (χ3n) is 6.50. The van der Waals surface area contributed by atoms with Gasteiger partial charge in [-0.05, 0) is 82.3 Å². The van der Waals surface area contributed by atoms with Gasteiger partial charge in [-0.15, -0.1) is 11.3 Å². The molecule has 4 rings (SSSR count). The van der Waals surface area contributed by atoms with E-state index in [4.69, 9.17) is 15.0 Å². The summed E-state index contributed by atoms with van der Waals surface area (Å²) in [7, 11) is 4.14. The first-order valence-electron chi connectivity index (χ1n) is 13.7. The lowest BCUT2D eigenvalue weighted by Crippen LogP contribution is -2.14. The number of aromatic nitrogens is 3. The second-order valence-corrected chi connectivity index (χ2v) is 11.1. The zero-order valence-electron chi connectivity index (χ0n) is 24.3. The van der Waals surface area contributed by atoms with Crippen LogP contribution in [0, 0.1) is 12.1 Å². The minimum atomic E-state index is -0.205. The Labute approximate surface area is 241 Å². The summed E-state index contributed by atoms with van der Waals surface area (Å²) in [5.41, 5.74) is 8.75. The van der Waals surface area contributed by atoms with Crippen LogP contribution in [0.15, 0.2) is 77.5 Å². The van der Waals surface area contributed by atoms with Crippen molar-refractivity contribution in [3.63, 3.8) is 0 Å². The minimum absolute atomic E-state index is 0.205. The Morgan fingerprint density at radius 1 is 1.25 bits per heavy atom. The average Bonchev–Trinajstić information content (AvgIpc) is 3.49. The van der Waals surface area contributed by atoms with E-state index in [1.165, 1.54) is 11.6 Å². The molecule has 0 spiro atoms. The number of imidazole rings is 1. The average molecular weight is 556 g/mol. The molecule has 3 aromatic heterocycles. The van der Waals surface area contributed by atoms with Gasteiger partial charge >= 0.3 is 0 Å². The third kappa shape index (κ3) is 6.90. The number of halogens is 1. The summed E-state index contributed by atoms with van der Waals surface area (Å²) in [6.07, 6.45) is 18.2. The third-order valence-corrected chi connectivity index (χ3v) is 7.40.